The van der Waals surface area contributed by atoms with Gasteiger partial charge in [0.15, 0.2) is 0 Å². The van der Waals surface area contributed by atoms with E-state index in [4.69, 9.17) is 0 Å². The first-order chi connectivity index (χ1) is 12.7. The average Bonchev–Trinajstić information content (AvgIpc) is 3.35. The smallest absolute Gasteiger partial charge is 0.228 e. The standard InChI is InChI=1S/C20H25N5O/c1-14-8-9-18(22-13-14)24-20-21-11-10-16(23-20)17-7-4-12-25(17)19(26)15-5-2-3-6-15/h8-11,13,15,17H,2-7,12H2,1H3,(H,21,22,23,24)/t17-/m0/s1. The first kappa shape index (κ1) is 16.9. The fraction of sp³-hybridized carbons (Fsp3) is 0.500. The van der Waals surface area contributed by atoms with Crippen LogP contribution in [0, 0.1) is 12.8 Å². The normalized spacial score (nSPS) is 20.5. The summed E-state index contributed by atoms with van der Waals surface area (Å²) in [7, 11) is 0. The molecule has 0 aromatic carbocycles. The van der Waals surface area contributed by atoms with Crippen molar-refractivity contribution < 1.29 is 4.79 Å². The largest absolute Gasteiger partial charge is 0.334 e. The van der Waals surface area contributed by atoms with E-state index in [2.05, 4.69) is 20.3 Å². The molecule has 0 spiro atoms. The van der Waals surface area contributed by atoms with Crippen LogP contribution in [0.3, 0.4) is 0 Å². The lowest BCUT2D eigenvalue weighted by molar-refractivity contribution is -0.136. The second-order valence-corrected chi connectivity index (χ2v) is 7.32. The number of carbonyl (C=O) groups excluding carboxylic acids is 1. The van der Waals surface area contributed by atoms with Gasteiger partial charge in [-0.3, -0.25) is 4.79 Å². The van der Waals surface area contributed by atoms with Gasteiger partial charge in [-0.2, -0.15) is 0 Å². The zero-order valence-electron chi connectivity index (χ0n) is 15.2. The molecule has 1 aliphatic heterocycles. The van der Waals surface area contributed by atoms with Crippen LogP contribution in [0.15, 0.2) is 30.6 Å². The van der Waals surface area contributed by atoms with Crippen LogP contribution >= 0.6 is 0 Å². The van der Waals surface area contributed by atoms with Gasteiger partial charge in [0.1, 0.15) is 5.82 Å². The Bertz CT molecular complexity index is 770. The van der Waals surface area contributed by atoms with Crippen molar-refractivity contribution in [3.63, 3.8) is 0 Å². The number of nitrogens with zero attached hydrogens (tertiary/aromatic N) is 4. The van der Waals surface area contributed by atoms with Gasteiger partial charge in [0.2, 0.25) is 11.9 Å². The van der Waals surface area contributed by atoms with Crippen LogP contribution < -0.4 is 5.32 Å². The Morgan fingerprint density at radius 3 is 2.73 bits per heavy atom. The van der Waals surface area contributed by atoms with Crippen molar-refractivity contribution in [2.24, 2.45) is 5.92 Å². The first-order valence-electron chi connectivity index (χ1n) is 9.54. The highest BCUT2D eigenvalue weighted by Crippen LogP contribution is 2.35. The Balaban J connectivity index is 1.51. The number of pyridine rings is 1. The van der Waals surface area contributed by atoms with Crippen molar-refractivity contribution in [1.82, 2.24) is 19.9 Å². The number of aromatic nitrogens is 3. The van der Waals surface area contributed by atoms with Gasteiger partial charge in [0.05, 0.1) is 11.7 Å². The summed E-state index contributed by atoms with van der Waals surface area (Å²) in [4.78, 5) is 28.3. The van der Waals surface area contributed by atoms with Crippen molar-refractivity contribution in [3.05, 3.63) is 41.9 Å². The molecule has 2 aromatic heterocycles. The van der Waals surface area contributed by atoms with E-state index in [0.29, 0.717) is 11.9 Å². The number of aryl methyl sites for hydroxylation is 1. The average molecular weight is 351 g/mol. The minimum absolute atomic E-state index is 0.0672. The summed E-state index contributed by atoms with van der Waals surface area (Å²) in [6.45, 7) is 2.84. The first-order valence-corrected chi connectivity index (χ1v) is 9.54. The lowest BCUT2D eigenvalue weighted by atomic mass is 10.0. The Morgan fingerprint density at radius 1 is 1.12 bits per heavy atom. The number of hydrogen-bond acceptors (Lipinski definition) is 5. The minimum atomic E-state index is 0.0672. The molecule has 2 fully saturated rings. The summed E-state index contributed by atoms with van der Waals surface area (Å²) in [5.41, 5.74) is 2.02. The molecular weight excluding hydrogens is 326 g/mol. The van der Waals surface area contributed by atoms with Crippen molar-refractivity contribution >= 4 is 17.7 Å². The molecule has 4 rings (SSSR count). The van der Waals surface area contributed by atoms with Crippen molar-refractivity contribution in [1.29, 1.82) is 0 Å². The Hall–Kier alpha value is -2.50. The van der Waals surface area contributed by atoms with E-state index in [1.807, 2.05) is 36.2 Å². The maximum atomic E-state index is 12.9. The molecule has 0 bridgehead atoms. The molecule has 1 aliphatic carbocycles. The summed E-state index contributed by atoms with van der Waals surface area (Å²) in [5.74, 6) is 1.78. The number of anilines is 2. The van der Waals surface area contributed by atoms with Gasteiger partial charge in [-0.25, -0.2) is 15.0 Å². The maximum Gasteiger partial charge on any atom is 0.228 e. The van der Waals surface area contributed by atoms with Crippen molar-refractivity contribution in [2.75, 3.05) is 11.9 Å². The van der Waals surface area contributed by atoms with E-state index in [1.165, 1.54) is 12.8 Å². The molecule has 0 unspecified atom stereocenters. The molecule has 1 N–H and O–H groups in total. The number of rotatable bonds is 4. The van der Waals surface area contributed by atoms with Crippen LogP contribution in [0.25, 0.3) is 0 Å². The zero-order chi connectivity index (χ0) is 17.9. The monoisotopic (exact) mass is 351 g/mol. The van der Waals surface area contributed by atoms with Gasteiger partial charge in [-0.15, -0.1) is 0 Å². The minimum Gasteiger partial charge on any atom is -0.334 e. The number of likely N-dealkylation sites (tertiary alicyclic amines) is 1. The Kier molecular flexibility index (Phi) is 4.82. The van der Waals surface area contributed by atoms with Crippen LogP contribution in [0.2, 0.25) is 0 Å². The molecule has 1 saturated heterocycles. The third-order valence-electron chi connectivity index (χ3n) is 5.41. The zero-order valence-corrected chi connectivity index (χ0v) is 15.2. The van der Waals surface area contributed by atoms with Crippen molar-refractivity contribution in [3.8, 4) is 0 Å². The second-order valence-electron chi connectivity index (χ2n) is 7.32. The van der Waals surface area contributed by atoms with E-state index in [1.54, 1.807) is 6.20 Å². The van der Waals surface area contributed by atoms with E-state index < -0.39 is 0 Å². The molecule has 0 radical (unpaired) electrons. The molecule has 2 aliphatic rings. The molecule has 1 amide bonds. The third-order valence-corrected chi connectivity index (χ3v) is 5.41. The highest BCUT2D eigenvalue weighted by molar-refractivity contribution is 5.79. The van der Waals surface area contributed by atoms with Gasteiger partial charge in [-0.05, 0) is 50.3 Å². The lowest BCUT2D eigenvalue weighted by Crippen LogP contribution is -2.35. The van der Waals surface area contributed by atoms with Crippen LogP contribution in [-0.2, 0) is 4.79 Å². The predicted octanol–water partition coefficient (Wildman–Crippen LogP) is 3.78. The highest BCUT2D eigenvalue weighted by Gasteiger charge is 2.35. The summed E-state index contributed by atoms with van der Waals surface area (Å²) in [6.07, 6.45) is 10.0. The fourth-order valence-electron chi connectivity index (χ4n) is 4.02. The molecule has 6 heteroatoms. The van der Waals surface area contributed by atoms with E-state index in [9.17, 15) is 4.79 Å². The summed E-state index contributed by atoms with van der Waals surface area (Å²) in [6, 6.07) is 5.91. The number of hydrogen-bond donors (Lipinski definition) is 1. The molecule has 136 valence electrons. The van der Waals surface area contributed by atoms with Crippen LogP contribution in [0.5, 0.6) is 0 Å². The molecule has 3 heterocycles. The molecule has 1 atom stereocenters. The summed E-state index contributed by atoms with van der Waals surface area (Å²) < 4.78 is 0. The second kappa shape index (κ2) is 7.40. The van der Waals surface area contributed by atoms with Gasteiger partial charge >= 0.3 is 0 Å². The number of amides is 1. The summed E-state index contributed by atoms with van der Waals surface area (Å²) >= 11 is 0. The van der Waals surface area contributed by atoms with Gasteiger partial charge in [0, 0.05) is 24.9 Å². The lowest BCUT2D eigenvalue weighted by Gasteiger charge is -2.27. The van der Waals surface area contributed by atoms with Gasteiger partial charge in [-0.1, -0.05) is 18.9 Å². The molecule has 6 nitrogen and oxygen atoms in total. The van der Waals surface area contributed by atoms with Crippen molar-refractivity contribution in [2.45, 2.75) is 51.5 Å². The van der Waals surface area contributed by atoms with Gasteiger partial charge < -0.3 is 10.2 Å². The molecule has 1 saturated carbocycles. The Morgan fingerprint density at radius 2 is 1.96 bits per heavy atom. The Labute approximate surface area is 154 Å². The predicted molar refractivity (Wildman–Crippen MR) is 99.9 cm³/mol. The SMILES string of the molecule is Cc1ccc(Nc2nccc([C@@H]3CCCN3C(=O)C3CCCC3)n2)nc1. The number of nitrogens with one attached hydrogen (secondary N) is 1. The fourth-order valence-corrected chi connectivity index (χ4v) is 4.02. The topological polar surface area (TPSA) is 71.0 Å². The van der Waals surface area contributed by atoms with E-state index in [0.717, 1.165) is 49.3 Å². The van der Waals surface area contributed by atoms with Crippen LogP contribution in [0.4, 0.5) is 11.8 Å². The maximum absolute atomic E-state index is 12.9. The third kappa shape index (κ3) is 3.54. The molecule has 2 aromatic rings. The van der Waals surface area contributed by atoms with Gasteiger partial charge in [0.25, 0.3) is 0 Å². The van der Waals surface area contributed by atoms with E-state index in [-0.39, 0.29) is 12.0 Å². The number of carbonyl (C=O) groups is 1. The van der Waals surface area contributed by atoms with Crippen LogP contribution in [0.1, 0.15) is 55.8 Å². The highest BCUT2D eigenvalue weighted by atomic mass is 16.2. The summed E-state index contributed by atoms with van der Waals surface area (Å²) in [5, 5.41) is 3.16. The molecule has 26 heavy (non-hydrogen) atoms. The van der Waals surface area contributed by atoms with Crippen LogP contribution in [-0.4, -0.2) is 32.3 Å². The molecular formula is C20H25N5O. The quantitative estimate of drug-likeness (QED) is 0.908. The van der Waals surface area contributed by atoms with E-state index >= 15 is 0 Å².